The number of ether oxygens (including phenoxy) is 1. The molecule has 0 saturated heterocycles. The maximum Gasteiger partial charge on any atom is 0.272 e. The molecule has 0 heterocycles. The highest BCUT2D eigenvalue weighted by atomic mass is 32.2. The molecule has 6 aromatic carbocycles. The molecule has 0 fully saturated rings. The quantitative estimate of drug-likeness (QED) is 0.0807. The average Bonchev–Trinajstić information content (AvgIpc) is 3.14. The largest absolute Gasteiger partial charge is 0.508 e. The summed E-state index contributed by atoms with van der Waals surface area (Å²) in [6.45, 7) is 0. The molecule has 0 aliphatic carbocycles. The lowest BCUT2D eigenvalue weighted by Gasteiger charge is -2.18. The summed E-state index contributed by atoms with van der Waals surface area (Å²) in [7, 11) is 1.45. The molecule has 0 spiro atoms. The number of amides is 3. The summed E-state index contributed by atoms with van der Waals surface area (Å²) < 4.78 is 5.40. The van der Waals surface area contributed by atoms with Crippen LogP contribution in [0.1, 0.15) is 26.7 Å². The molecule has 0 radical (unpaired) electrons. The van der Waals surface area contributed by atoms with Gasteiger partial charge in [0.05, 0.1) is 7.11 Å². The number of benzene rings is 6. The van der Waals surface area contributed by atoms with E-state index in [4.69, 9.17) is 4.74 Å². The number of hydrogen-bond donors (Lipinski definition) is 4. The highest BCUT2D eigenvalue weighted by molar-refractivity contribution is 8.00. The number of methoxy groups -OCH3 is 1. The van der Waals surface area contributed by atoms with E-state index in [1.165, 1.54) is 37.1 Å². The number of phenols is 1. The van der Waals surface area contributed by atoms with E-state index >= 15 is 0 Å². The Hall–Kier alpha value is -6.32. The van der Waals surface area contributed by atoms with Gasteiger partial charge in [-0.05, 0) is 77.0 Å². The number of aromatic hydroxyl groups is 1. The molecule has 1 unspecified atom stereocenters. The number of carbonyl (C=O) groups excluding carboxylic acids is 3. The minimum Gasteiger partial charge on any atom is -0.508 e. The summed E-state index contributed by atoms with van der Waals surface area (Å²) in [6.07, 6.45) is 1.48. The van der Waals surface area contributed by atoms with Gasteiger partial charge in [0.2, 0.25) is 5.91 Å². The molecule has 0 saturated carbocycles. The van der Waals surface area contributed by atoms with Crippen LogP contribution in [0.5, 0.6) is 11.5 Å². The van der Waals surface area contributed by atoms with E-state index in [1.807, 2.05) is 78.9 Å². The molecule has 0 aromatic heterocycles. The Morgan fingerprint density at radius 2 is 1.40 bits per heavy atom. The normalized spacial score (nSPS) is 11.7. The number of rotatable bonds is 11. The number of carbonyl (C=O) groups is 3. The van der Waals surface area contributed by atoms with Gasteiger partial charge in [-0.1, -0.05) is 84.9 Å². The molecule has 50 heavy (non-hydrogen) atoms. The fraction of sp³-hybridized carbons (Fsp3) is 0.0488. The first-order valence-electron chi connectivity index (χ1n) is 15.7. The van der Waals surface area contributed by atoms with Gasteiger partial charge in [-0.3, -0.25) is 14.4 Å². The van der Waals surface area contributed by atoms with E-state index in [9.17, 15) is 19.5 Å². The molecular formula is C41H33N3O5S. The van der Waals surface area contributed by atoms with Gasteiger partial charge in [-0.25, -0.2) is 0 Å². The number of nitrogens with one attached hydrogen (secondary N) is 3. The zero-order valence-electron chi connectivity index (χ0n) is 27.0. The smallest absolute Gasteiger partial charge is 0.272 e. The van der Waals surface area contributed by atoms with Crippen LogP contribution in [-0.2, 0) is 9.59 Å². The van der Waals surface area contributed by atoms with Crippen LogP contribution >= 0.6 is 11.8 Å². The van der Waals surface area contributed by atoms with Gasteiger partial charge in [-0.15, -0.1) is 11.8 Å². The zero-order valence-corrected chi connectivity index (χ0v) is 27.8. The van der Waals surface area contributed by atoms with E-state index in [0.717, 1.165) is 21.2 Å². The maximum absolute atomic E-state index is 13.8. The van der Waals surface area contributed by atoms with Gasteiger partial charge in [-0.2, -0.15) is 0 Å². The number of anilines is 2. The predicted octanol–water partition coefficient (Wildman–Crippen LogP) is 8.44. The van der Waals surface area contributed by atoms with Crippen molar-refractivity contribution in [1.82, 2.24) is 5.32 Å². The molecule has 0 aliphatic heterocycles. The van der Waals surface area contributed by atoms with Crippen LogP contribution in [0.25, 0.3) is 16.8 Å². The van der Waals surface area contributed by atoms with Gasteiger partial charge in [0.25, 0.3) is 11.8 Å². The lowest BCUT2D eigenvalue weighted by molar-refractivity contribution is -0.116. The van der Waals surface area contributed by atoms with Gasteiger partial charge in [0.15, 0.2) is 0 Å². The van der Waals surface area contributed by atoms with E-state index < -0.39 is 17.1 Å². The zero-order chi connectivity index (χ0) is 34.9. The summed E-state index contributed by atoms with van der Waals surface area (Å²) >= 11 is 1.35. The third-order valence-corrected chi connectivity index (χ3v) is 9.00. The van der Waals surface area contributed by atoms with Crippen LogP contribution in [0.2, 0.25) is 0 Å². The van der Waals surface area contributed by atoms with Gasteiger partial charge < -0.3 is 25.8 Å². The van der Waals surface area contributed by atoms with Crippen molar-refractivity contribution in [2.75, 3.05) is 17.7 Å². The van der Waals surface area contributed by atoms with Crippen molar-refractivity contribution < 1.29 is 24.2 Å². The van der Waals surface area contributed by atoms with Gasteiger partial charge in [0, 0.05) is 33.5 Å². The topological polar surface area (TPSA) is 117 Å². The molecule has 248 valence electrons. The summed E-state index contributed by atoms with van der Waals surface area (Å²) in [4.78, 5) is 41.4. The first kappa shape index (κ1) is 33.6. The fourth-order valence-electron chi connectivity index (χ4n) is 5.27. The second-order valence-electron chi connectivity index (χ2n) is 11.2. The molecule has 0 aliphatic rings. The predicted molar refractivity (Wildman–Crippen MR) is 199 cm³/mol. The first-order valence-corrected chi connectivity index (χ1v) is 16.6. The third-order valence-electron chi connectivity index (χ3n) is 7.75. The Kier molecular flexibility index (Phi) is 10.6. The number of phenolic OH excluding ortho intramolecular Hbond substituents is 1. The second-order valence-corrected chi connectivity index (χ2v) is 12.4. The monoisotopic (exact) mass is 679 g/mol. The highest BCUT2D eigenvalue weighted by Gasteiger charge is 2.23. The van der Waals surface area contributed by atoms with Gasteiger partial charge >= 0.3 is 0 Å². The van der Waals surface area contributed by atoms with Crippen molar-refractivity contribution in [1.29, 1.82) is 0 Å². The molecule has 0 bridgehead atoms. The number of thioether (sulfide) groups is 1. The molecule has 1 atom stereocenters. The Balaban J connectivity index is 1.25. The molecule has 8 nitrogen and oxygen atoms in total. The Morgan fingerprint density at radius 1 is 0.700 bits per heavy atom. The Morgan fingerprint density at radius 3 is 2.16 bits per heavy atom. The maximum atomic E-state index is 13.8. The summed E-state index contributed by atoms with van der Waals surface area (Å²) in [5.74, 6) is -0.941. The molecule has 6 aromatic rings. The van der Waals surface area contributed by atoms with Crippen molar-refractivity contribution in [3.8, 4) is 11.5 Å². The third kappa shape index (κ3) is 8.39. The van der Waals surface area contributed by atoms with Crippen LogP contribution < -0.4 is 20.7 Å². The van der Waals surface area contributed by atoms with E-state index in [1.54, 1.807) is 54.6 Å². The first-order chi connectivity index (χ1) is 24.4. The molecule has 9 heteroatoms. The fourth-order valence-corrected chi connectivity index (χ4v) is 6.36. The second kappa shape index (κ2) is 15.7. The number of hydrogen-bond acceptors (Lipinski definition) is 6. The van der Waals surface area contributed by atoms with E-state index in [2.05, 4.69) is 16.0 Å². The summed E-state index contributed by atoms with van der Waals surface area (Å²) in [6, 6.07) is 43.5. The molecule has 3 amide bonds. The number of fused-ring (bicyclic) bond motifs is 1. The van der Waals surface area contributed by atoms with Crippen molar-refractivity contribution in [2.45, 2.75) is 10.1 Å². The van der Waals surface area contributed by atoms with Crippen LogP contribution in [-0.4, -0.2) is 29.9 Å². The standard InChI is InChI=1S/C41H33N3O5S/c1-49-37-26-34(45)22-20-31(37)24-36(44-39(46)29-14-6-3-7-15-29)40(47)42-32-17-10-18-35(25-32)50-38(28-12-4-2-5-13-28)41(48)43-33-21-19-27-11-8-9-16-30(27)23-33/h2-26,38,45H,1H3,(H,42,47)(H,43,48)(H,44,46)/b36-24+. The SMILES string of the molecule is COc1cc(O)ccc1/C=C(/NC(=O)c1ccccc1)C(=O)Nc1cccc(SC(C(=O)Nc2ccc3ccccc3c2)c2ccccc2)c1. The highest BCUT2D eigenvalue weighted by Crippen LogP contribution is 2.37. The van der Waals surface area contributed by atoms with Crippen molar-refractivity contribution in [3.63, 3.8) is 0 Å². The summed E-state index contributed by atoms with van der Waals surface area (Å²) in [5.41, 5.74) is 2.77. The van der Waals surface area contributed by atoms with Gasteiger partial charge in [0.1, 0.15) is 22.4 Å². The van der Waals surface area contributed by atoms with Crippen LogP contribution in [0.4, 0.5) is 11.4 Å². The minimum atomic E-state index is -0.601. The average molecular weight is 680 g/mol. The lowest BCUT2D eigenvalue weighted by atomic mass is 10.1. The molecule has 6 rings (SSSR count). The van der Waals surface area contributed by atoms with Crippen LogP contribution in [0.15, 0.2) is 156 Å². The van der Waals surface area contributed by atoms with Crippen LogP contribution in [0, 0.1) is 0 Å². The van der Waals surface area contributed by atoms with E-state index in [-0.39, 0.29) is 17.4 Å². The van der Waals surface area contributed by atoms with Crippen molar-refractivity contribution in [2.24, 2.45) is 0 Å². The van der Waals surface area contributed by atoms with E-state index in [0.29, 0.717) is 28.3 Å². The minimum absolute atomic E-state index is 0.00705. The van der Waals surface area contributed by atoms with Crippen molar-refractivity contribution >= 4 is 57.7 Å². The summed E-state index contributed by atoms with van der Waals surface area (Å²) in [5, 5.41) is 20.1. The lowest BCUT2D eigenvalue weighted by Crippen LogP contribution is -2.30. The van der Waals surface area contributed by atoms with Crippen molar-refractivity contribution in [3.05, 3.63) is 168 Å². The Bertz CT molecular complexity index is 2190. The Labute approximate surface area is 293 Å². The van der Waals surface area contributed by atoms with Crippen LogP contribution in [0.3, 0.4) is 0 Å². The molecule has 4 N–H and O–H groups in total. The molecular weight excluding hydrogens is 647 g/mol.